The average molecular weight is 276 g/mol. The largest absolute Gasteiger partial charge is 0.328 e. The minimum atomic E-state index is -0.101. The molecule has 2 aliphatic rings. The summed E-state index contributed by atoms with van der Waals surface area (Å²) in [6.45, 7) is 3.32. The highest BCUT2D eigenvalue weighted by Gasteiger charge is 2.33. The van der Waals surface area contributed by atoms with Crippen molar-refractivity contribution in [2.75, 3.05) is 6.54 Å². The van der Waals surface area contributed by atoms with Crippen LogP contribution in [0.4, 0.5) is 4.39 Å². The Hall–Kier alpha value is -0.930. The lowest BCUT2D eigenvalue weighted by atomic mass is 9.89. The monoisotopic (exact) mass is 276 g/mol. The number of hydrogen-bond acceptors (Lipinski definition) is 2. The van der Waals surface area contributed by atoms with E-state index in [1.807, 2.05) is 6.07 Å². The molecule has 2 aliphatic carbocycles. The minimum Gasteiger partial charge on any atom is -0.328 e. The predicted molar refractivity (Wildman–Crippen MR) is 80.1 cm³/mol. The van der Waals surface area contributed by atoms with Crippen LogP contribution < -0.4 is 5.73 Å². The van der Waals surface area contributed by atoms with Crippen LogP contribution in [0.25, 0.3) is 0 Å². The van der Waals surface area contributed by atoms with E-state index in [9.17, 15) is 4.39 Å². The van der Waals surface area contributed by atoms with Crippen LogP contribution in [-0.4, -0.2) is 23.5 Å². The highest BCUT2D eigenvalue weighted by Crippen LogP contribution is 2.39. The van der Waals surface area contributed by atoms with Crippen molar-refractivity contribution in [3.8, 4) is 0 Å². The number of hydrogen-bond donors (Lipinski definition) is 1. The van der Waals surface area contributed by atoms with Gasteiger partial charge in [0.15, 0.2) is 0 Å². The molecule has 1 saturated carbocycles. The molecule has 110 valence electrons. The molecule has 0 saturated heterocycles. The Bertz CT molecular complexity index is 466. The summed E-state index contributed by atoms with van der Waals surface area (Å²) >= 11 is 0. The van der Waals surface area contributed by atoms with E-state index in [4.69, 9.17) is 5.73 Å². The summed E-state index contributed by atoms with van der Waals surface area (Å²) in [7, 11) is 0. The average Bonchev–Trinajstić information content (AvgIpc) is 2.85. The maximum Gasteiger partial charge on any atom is 0.123 e. The van der Waals surface area contributed by atoms with Crippen molar-refractivity contribution in [3.05, 3.63) is 35.1 Å². The zero-order chi connectivity index (χ0) is 14.1. The molecular formula is C17H25FN2. The molecule has 0 spiro atoms. The molecule has 1 atom stereocenters. The zero-order valence-corrected chi connectivity index (χ0v) is 12.3. The highest BCUT2D eigenvalue weighted by atomic mass is 19.1. The Morgan fingerprint density at radius 1 is 1.20 bits per heavy atom. The van der Waals surface area contributed by atoms with Crippen LogP contribution in [0.2, 0.25) is 0 Å². The van der Waals surface area contributed by atoms with Gasteiger partial charge in [0.25, 0.3) is 0 Å². The van der Waals surface area contributed by atoms with Crippen molar-refractivity contribution in [1.82, 2.24) is 4.90 Å². The number of rotatable bonds is 3. The Morgan fingerprint density at radius 3 is 2.65 bits per heavy atom. The number of halogens is 1. The molecular weight excluding hydrogens is 251 g/mol. The Balaban J connectivity index is 1.78. The van der Waals surface area contributed by atoms with Gasteiger partial charge in [-0.05, 0) is 68.3 Å². The van der Waals surface area contributed by atoms with Crippen molar-refractivity contribution in [1.29, 1.82) is 0 Å². The maximum atomic E-state index is 13.3. The summed E-state index contributed by atoms with van der Waals surface area (Å²) in [6.07, 6.45) is 6.86. The van der Waals surface area contributed by atoms with Gasteiger partial charge in [-0.3, -0.25) is 4.90 Å². The van der Waals surface area contributed by atoms with Gasteiger partial charge in [0.2, 0.25) is 0 Å². The fourth-order valence-corrected chi connectivity index (χ4v) is 4.07. The number of nitrogens with zero attached hydrogens (tertiary/aromatic N) is 1. The van der Waals surface area contributed by atoms with Gasteiger partial charge in [0.05, 0.1) is 0 Å². The van der Waals surface area contributed by atoms with Crippen molar-refractivity contribution in [2.24, 2.45) is 5.73 Å². The third-order valence-corrected chi connectivity index (χ3v) is 5.13. The summed E-state index contributed by atoms with van der Waals surface area (Å²) in [5, 5.41) is 0. The minimum absolute atomic E-state index is 0.101. The second-order valence-corrected chi connectivity index (χ2v) is 6.30. The van der Waals surface area contributed by atoms with Gasteiger partial charge in [-0.15, -0.1) is 0 Å². The third kappa shape index (κ3) is 2.61. The Morgan fingerprint density at radius 2 is 1.95 bits per heavy atom. The van der Waals surface area contributed by atoms with E-state index in [0.717, 1.165) is 32.2 Å². The van der Waals surface area contributed by atoms with Crippen LogP contribution in [0.15, 0.2) is 18.2 Å². The standard InChI is InChI=1S/C17H25FN2/c1-2-20(15-7-5-14(19)6-8-15)17-10-3-12-11-13(18)4-9-16(12)17/h4,9,11,14-15,17H,2-3,5-8,10,19H2,1H3. The van der Waals surface area contributed by atoms with Gasteiger partial charge in [-0.1, -0.05) is 13.0 Å². The van der Waals surface area contributed by atoms with E-state index in [1.54, 1.807) is 12.1 Å². The van der Waals surface area contributed by atoms with Gasteiger partial charge in [-0.25, -0.2) is 4.39 Å². The molecule has 0 radical (unpaired) electrons. The molecule has 2 N–H and O–H groups in total. The van der Waals surface area contributed by atoms with Gasteiger partial charge in [0.1, 0.15) is 5.82 Å². The summed E-state index contributed by atoms with van der Waals surface area (Å²) < 4.78 is 13.3. The first-order chi connectivity index (χ1) is 9.69. The van der Waals surface area contributed by atoms with Crippen molar-refractivity contribution < 1.29 is 4.39 Å². The fraction of sp³-hybridized carbons (Fsp3) is 0.647. The van der Waals surface area contributed by atoms with E-state index in [0.29, 0.717) is 18.1 Å². The molecule has 0 amide bonds. The molecule has 1 fully saturated rings. The van der Waals surface area contributed by atoms with Crippen LogP contribution in [0.3, 0.4) is 0 Å². The second kappa shape index (κ2) is 5.82. The topological polar surface area (TPSA) is 29.3 Å². The van der Waals surface area contributed by atoms with Crippen LogP contribution in [0, 0.1) is 5.82 Å². The van der Waals surface area contributed by atoms with E-state index in [1.165, 1.54) is 24.0 Å². The normalized spacial score (nSPS) is 29.7. The Kier molecular flexibility index (Phi) is 4.08. The Labute approximate surface area is 121 Å². The van der Waals surface area contributed by atoms with Crippen LogP contribution in [0.5, 0.6) is 0 Å². The van der Waals surface area contributed by atoms with E-state index in [-0.39, 0.29) is 5.82 Å². The molecule has 0 aromatic heterocycles. The molecule has 0 heterocycles. The van der Waals surface area contributed by atoms with Gasteiger partial charge in [-0.2, -0.15) is 0 Å². The van der Waals surface area contributed by atoms with E-state index >= 15 is 0 Å². The van der Waals surface area contributed by atoms with Crippen molar-refractivity contribution >= 4 is 0 Å². The maximum absolute atomic E-state index is 13.3. The molecule has 20 heavy (non-hydrogen) atoms. The quantitative estimate of drug-likeness (QED) is 0.916. The number of nitrogens with two attached hydrogens (primary N) is 1. The molecule has 3 heteroatoms. The number of benzene rings is 1. The van der Waals surface area contributed by atoms with Crippen LogP contribution in [-0.2, 0) is 6.42 Å². The first kappa shape index (κ1) is 14.0. The lowest BCUT2D eigenvalue weighted by Gasteiger charge is -2.39. The number of aryl methyl sites for hydroxylation is 1. The molecule has 3 rings (SSSR count). The summed E-state index contributed by atoms with van der Waals surface area (Å²) in [6, 6.07) is 6.87. The van der Waals surface area contributed by atoms with Gasteiger partial charge >= 0.3 is 0 Å². The predicted octanol–water partition coefficient (Wildman–Crippen LogP) is 3.40. The smallest absolute Gasteiger partial charge is 0.123 e. The summed E-state index contributed by atoms with van der Waals surface area (Å²) in [5.74, 6) is -0.101. The molecule has 0 aliphatic heterocycles. The second-order valence-electron chi connectivity index (χ2n) is 6.30. The van der Waals surface area contributed by atoms with E-state index < -0.39 is 0 Å². The lowest BCUT2D eigenvalue weighted by molar-refractivity contribution is 0.106. The van der Waals surface area contributed by atoms with Gasteiger partial charge < -0.3 is 5.73 Å². The lowest BCUT2D eigenvalue weighted by Crippen LogP contribution is -2.42. The third-order valence-electron chi connectivity index (χ3n) is 5.13. The molecule has 2 nitrogen and oxygen atoms in total. The molecule has 1 unspecified atom stereocenters. The zero-order valence-electron chi connectivity index (χ0n) is 12.3. The van der Waals surface area contributed by atoms with Crippen LogP contribution >= 0.6 is 0 Å². The van der Waals surface area contributed by atoms with Gasteiger partial charge in [0, 0.05) is 18.1 Å². The molecule has 1 aromatic rings. The van der Waals surface area contributed by atoms with Crippen molar-refractivity contribution in [2.45, 2.75) is 63.6 Å². The highest BCUT2D eigenvalue weighted by molar-refractivity contribution is 5.35. The van der Waals surface area contributed by atoms with E-state index in [2.05, 4.69) is 11.8 Å². The van der Waals surface area contributed by atoms with Crippen molar-refractivity contribution in [3.63, 3.8) is 0 Å². The summed E-state index contributed by atoms with van der Waals surface area (Å²) in [4.78, 5) is 2.63. The molecule has 1 aromatic carbocycles. The molecule has 0 bridgehead atoms. The fourth-order valence-electron chi connectivity index (χ4n) is 4.07. The first-order valence-corrected chi connectivity index (χ1v) is 7.98. The van der Waals surface area contributed by atoms with Crippen LogP contribution in [0.1, 0.15) is 56.2 Å². The number of fused-ring (bicyclic) bond motifs is 1. The summed E-state index contributed by atoms with van der Waals surface area (Å²) in [5.41, 5.74) is 8.58. The SMILES string of the molecule is CCN(C1CCC(N)CC1)C1CCc2cc(F)ccc21. The first-order valence-electron chi connectivity index (χ1n) is 7.98.